The van der Waals surface area contributed by atoms with Gasteiger partial charge in [-0.3, -0.25) is 28.8 Å². The summed E-state index contributed by atoms with van der Waals surface area (Å²) in [5.41, 5.74) is -6.78. The predicted molar refractivity (Wildman–Crippen MR) is 236 cm³/mol. The summed E-state index contributed by atoms with van der Waals surface area (Å²) >= 11 is 0. The minimum atomic E-state index is -3.59. The number of hydrogen-bond acceptors (Lipinski definition) is 10. The lowest BCUT2D eigenvalue weighted by Gasteiger charge is -2.48. The monoisotopic (exact) mass is 862 g/mol. The Labute approximate surface area is 370 Å². The number of carboxylic acid groups (broad SMARTS) is 2. The third-order valence-corrected chi connectivity index (χ3v) is 11.0. The number of carbonyl (C=O) groups is 6. The molecule has 64 heavy (non-hydrogen) atoms. The van der Waals surface area contributed by atoms with E-state index >= 15 is 9.59 Å². The maximum absolute atomic E-state index is 15.2. The van der Waals surface area contributed by atoms with Crippen LogP contribution in [0.3, 0.4) is 0 Å². The van der Waals surface area contributed by atoms with Gasteiger partial charge in [-0.05, 0) is 97.8 Å². The normalized spacial score (nSPS) is 12.2. The third-order valence-electron chi connectivity index (χ3n) is 11.0. The van der Waals surface area contributed by atoms with Crippen LogP contribution in [-0.2, 0) is 28.7 Å². The van der Waals surface area contributed by atoms with Gasteiger partial charge in [0.25, 0.3) is 0 Å². The fourth-order valence-electron chi connectivity index (χ4n) is 8.14. The minimum Gasteiger partial charge on any atom is -0.480 e. The lowest BCUT2D eigenvalue weighted by molar-refractivity contribution is -0.205. The molecule has 0 heterocycles. The van der Waals surface area contributed by atoms with Crippen molar-refractivity contribution < 1.29 is 57.9 Å². The van der Waals surface area contributed by atoms with Crippen molar-refractivity contribution in [3.8, 4) is 23.0 Å². The second-order valence-electron chi connectivity index (χ2n) is 14.7. The van der Waals surface area contributed by atoms with Crippen LogP contribution in [0.2, 0.25) is 0 Å². The number of ketones is 2. The number of aliphatic carboxylic acids is 2. The van der Waals surface area contributed by atoms with Crippen LogP contribution in [-0.4, -0.2) is 58.9 Å². The van der Waals surface area contributed by atoms with Gasteiger partial charge >= 0.3 is 23.9 Å². The van der Waals surface area contributed by atoms with Crippen LogP contribution in [0.1, 0.15) is 70.4 Å². The van der Waals surface area contributed by atoms with E-state index in [1.165, 1.54) is 111 Å². The topological polar surface area (TPSA) is 180 Å². The number of para-hydroxylation sites is 2. The summed E-state index contributed by atoms with van der Waals surface area (Å²) < 4.78 is 23.0. The van der Waals surface area contributed by atoms with Gasteiger partial charge in [0.15, 0.2) is 22.4 Å². The summed E-state index contributed by atoms with van der Waals surface area (Å²) in [5.74, 6) is -10.8. The van der Waals surface area contributed by atoms with E-state index in [4.69, 9.17) is 18.9 Å². The van der Waals surface area contributed by atoms with Crippen molar-refractivity contribution in [2.75, 3.05) is 13.2 Å². The van der Waals surface area contributed by atoms with Gasteiger partial charge in [0.2, 0.25) is 0 Å². The first-order chi connectivity index (χ1) is 31.0. The number of carbonyl (C=O) groups excluding carboxylic acids is 4. The zero-order valence-corrected chi connectivity index (χ0v) is 35.1. The summed E-state index contributed by atoms with van der Waals surface area (Å²) in [4.78, 5) is 88.6. The molecule has 0 fully saturated rings. The van der Waals surface area contributed by atoms with E-state index in [-0.39, 0.29) is 22.3 Å². The molecule has 0 radical (unpaired) electrons. The Morgan fingerprint density at radius 2 is 0.719 bits per heavy atom. The highest BCUT2D eigenvalue weighted by Gasteiger charge is 2.78. The Morgan fingerprint density at radius 1 is 0.422 bits per heavy atom. The lowest BCUT2D eigenvalue weighted by atomic mass is 9.48. The van der Waals surface area contributed by atoms with Crippen molar-refractivity contribution in [3.05, 3.63) is 192 Å². The van der Waals surface area contributed by atoms with Gasteiger partial charge in [0.05, 0.1) is 13.2 Å². The molecule has 0 bridgehead atoms. The minimum absolute atomic E-state index is 0.00482. The molecule has 0 saturated heterocycles. The van der Waals surface area contributed by atoms with Gasteiger partial charge in [-0.1, -0.05) is 97.1 Å². The van der Waals surface area contributed by atoms with E-state index in [0.29, 0.717) is 23.0 Å². The largest absolute Gasteiger partial charge is 0.480 e. The Kier molecular flexibility index (Phi) is 14.8. The molecular formula is C52H46O12. The highest BCUT2D eigenvalue weighted by atomic mass is 16.6. The predicted octanol–water partition coefficient (Wildman–Crippen LogP) is 9.95. The van der Waals surface area contributed by atoms with Crippen LogP contribution < -0.4 is 9.47 Å². The van der Waals surface area contributed by atoms with E-state index < -0.39 is 84.2 Å². The maximum atomic E-state index is 15.2. The number of Topliss-reactive ketones (excluding diaryl/α,β-unsaturated/α-hetero) is 2. The van der Waals surface area contributed by atoms with Gasteiger partial charge in [-0.25, -0.2) is 0 Å². The standard InChI is InChI=1S/C52H46O12/c1-3-61-49(59)52(50(60)62-4-2,44(36-19-11-6-12-20-36)34-46(54)38-27-31-42(32-28-38)64-40-23-15-8-16-24-40)51(47(55)56,48(57)58)43(35-17-9-5-10-18-35)33-45(53)37-25-29-41(30-26-37)63-39-21-13-7-14-22-39/h5-32,43-44H,3-4,33-34H2,1-2H3,(H,55,56)(H,57,58). The highest BCUT2D eigenvalue weighted by molar-refractivity contribution is 6.16. The van der Waals surface area contributed by atoms with E-state index in [1.807, 2.05) is 12.1 Å². The molecule has 0 aliphatic carbocycles. The molecule has 2 N–H and O–H groups in total. The molecule has 326 valence electrons. The third kappa shape index (κ3) is 9.46. The number of benzene rings is 6. The Bertz CT molecular complexity index is 2510. The van der Waals surface area contributed by atoms with Crippen LogP contribution in [0.5, 0.6) is 23.0 Å². The van der Waals surface area contributed by atoms with Crippen molar-refractivity contribution in [1.82, 2.24) is 0 Å². The summed E-state index contributed by atoms with van der Waals surface area (Å²) in [6, 6.07) is 44.8. The van der Waals surface area contributed by atoms with Crippen LogP contribution in [0.15, 0.2) is 170 Å². The van der Waals surface area contributed by atoms with E-state index in [9.17, 15) is 29.4 Å². The molecule has 0 aromatic heterocycles. The van der Waals surface area contributed by atoms with Gasteiger partial charge in [0.1, 0.15) is 23.0 Å². The number of carboxylic acids is 2. The molecule has 0 spiro atoms. The second kappa shape index (κ2) is 20.8. The molecule has 0 aliphatic rings. The van der Waals surface area contributed by atoms with Gasteiger partial charge in [-0.15, -0.1) is 0 Å². The first-order valence-electron chi connectivity index (χ1n) is 20.6. The molecule has 12 heteroatoms. The summed E-state index contributed by atoms with van der Waals surface area (Å²) in [6.45, 7) is 1.95. The van der Waals surface area contributed by atoms with Crippen LogP contribution in [0.4, 0.5) is 0 Å². The van der Waals surface area contributed by atoms with Crippen molar-refractivity contribution in [3.63, 3.8) is 0 Å². The van der Waals surface area contributed by atoms with Gasteiger partial charge < -0.3 is 29.2 Å². The average Bonchev–Trinajstić information content (AvgIpc) is 3.31. The van der Waals surface area contributed by atoms with Crippen LogP contribution in [0, 0.1) is 10.8 Å². The maximum Gasteiger partial charge on any atom is 0.326 e. The van der Waals surface area contributed by atoms with Crippen molar-refractivity contribution in [2.45, 2.75) is 38.5 Å². The van der Waals surface area contributed by atoms with E-state index in [1.54, 1.807) is 60.7 Å². The van der Waals surface area contributed by atoms with Gasteiger partial charge in [0, 0.05) is 35.8 Å². The molecule has 6 aromatic rings. The number of rotatable bonds is 21. The van der Waals surface area contributed by atoms with Crippen molar-refractivity contribution in [1.29, 1.82) is 0 Å². The van der Waals surface area contributed by atoms with Crippen molar-refractivity contribution in [2.24, 2.45) is 10.8 Å². The zero-order chi connectivity index (χ0) is 45.7. The first kappa shape index (κ1) is 45.7. The van der Waals surface area contributed by atoms with E-state index in [0.717, 1.165) is 0 Å². The fraction of sp³-hybridized carbons (Fsp3) is 0.192. The van der Waals surface area contributed by atoms with E-state index in [2.05, 4.69) is 0 Å². The highest BCUT2D eigenvalue weighted by Crippen LogP contribution is 2.61. The lowest BCUT2D eigenvalue weighted by Crippen LogP contribution is -2.67. The molecular weight excluding hydrogens is 817 g/mol. The number of esters is 2. The summed E-state index contributed by atoms with van der Waals surface area (Å²) in [6.07, 6.45) is -1.64. The Morgan fingerprint density at radius 3 is 1.03 bits per heavy atom. The Balaban J connectivity index is 1.56. The molecule has 0 saturated carbocycles. The SMILES string of the molecule is CCOC(=O)C(C(=O)OCC)(C(CC(=O)c1ccc(Oc2ccccc2)cc1)c1ccccc1)C(C(=O)O)(C(=O)O)C(CC(=O)c1ccc(Oc2ccccc2)cc1)c1ccccc1. The first-order valence-corrected chi connectivity index (χ1v) is 20.6. The fourth-order valence-corrected chi connectivity index (χ4v) is 8.14. The van der Waals surface area contributed by atoms with Crippen LogP contribution in [0.25, 0.3) is 0 Å². The number of hydrogen-bond donors (Lipinski definition) is 2. The summed E-state index contributed by atoms with van der Waals surface area (Å²) in [5, 5.41) is 23.5. The van der Waals surface area contributed by atoms with Crippen LogP contribution >= 0.6 is 0 Å². The second-order valence-corrected chi connectivity index (χ2v) is 14.7. The quantitative estimate of drug-likeness (QED) is 0.0398. The molecule has 6 aromatic carbocycles. The number of ether oxygens (including phenoxy) is 4. The molecule has 0 aliphatic heterocycles. The molecule has 6 rings (SSSR count). The molecule has 0 amide bonds. The Hall–Kier alpha value is -7.86. The van der Waals surface area contributed by atoms with Crippen molar-refractivity contribution >= 4 is 35.4 Å². The van der Waals surface area contributed by atoms with Gasteiger partial charge in [-0.2, -0.15) is 0 Å². The zero-order valence-electron chi connectivity index (χ0n) is 35.1. The molecule has 2 unspecified atom stereocenters. The summed E-state index contributed by atoms with van der Waals surface area (Å²) in [7, 11) is 0. The molecule has 12 nitrogen and oxygen atoms in total. The molecule has 2 atom stereocenters. The average molecular weight is 863 g/mol. The smallest absolute Gasteiger partial charge is 0.326 e.